The van der Waals surface area contributed by atoms with Crippen molar-refractivity contribution >= 4 is 39.8 Å². The molecule has 0 saturated carbocycles. The Bertz CT molecular complexity index is 925. The fourth-order valence-electron chi connectivity index (χ4n) is 2.49. The summed E-state index contributed by atoms with van der Waals surface area (Å²) in [6.07, 6.45) is 0.995. The second-order valence-corrected chi connectivity index (χ2v) is 5.20. The Hall–Kier alpha value is -2.68. The Morgan fingerprint density at radius 1 is 1.50 bits per heavy atom. The maximum atomic E-state index is 14.5. The average Bonchev–Trinajstić information content (AvgIpc) is 2.52. The second kappa shape index (κ2) is 6.44. The lowest BCUT2D eigenvalue weighted by Gasteiger charge is -2.15. The number of nitro groups is 1. The zero-order chi connectivity index (χ0) is 18.2. The number of rotatable bonds is 5. The Kier molecular flexibility index (Phi) is 4.74. The maximum absolute atomic E-state index is 14.5. The third kappa shape index (κ3) is 2.56. The van der Waals surface area contributed by atoms with E-state index in [1.165, 1.54) is 4.57 Å². The van der Waals surface area contributed by atoms with Gasteiger partial charge in [0.25, 0.3) is 0 Å². The van der Waals surface area contributed by atoms with Gasteiger partial charge in [-0.25, -0.2) is 9.18 Å². The van der Waals surface area contributed by atoms with Gasteiger partial charge in [-0.3, -0.25) is 14.9 Å². The van der Waals surface area contributed by atoms with Crippen LogP contribution in [0.4, 0.5) is 15.8 Å². The zero-order valence-electron chi connectivity index (χ0n) is 12.7. The largest absolute Gasteiger partial charge is 0.477 e. The molecule has 0 atom stereocenters. The van der Waals surface area contributed by atoms with E-state index in [1.54, 1.807) is 13.8 Å². The number of carbonyl (C=O) groups is 1. The van der Waals surface area contributed by atoms with Gasteiger partial charge in [0.2, 0.25) is 5.43 Å². The van der Waals surface area contributed by atoms with Gasteiger partial charge in [0.15, 0.2) is 11.5 Å². The molecule has 1 heterocycles. The molecular formula is C14H13ClFN3O5. The van der Waals surface area contributed by atoms with Gasteiger partial charge in [0, 0.05) is 19.3 Å². The standard InChI is InChI=1S/C14H13ClFN3O5/c1-3-17-10-9(16)8(15)11-7(12(10)19(23)24)13(20)6(14(21)22)5-18(11)4-2/h5,17H,3-4H2,1-2H3,(H,21,22). The van der Waals surface area contributed by atoms with Crippen molar-refractivity contribution in [1.82, 2.24) is 4.57 Å². The number of anilines is 1. The lowest BCUT2D eigenvalue weighted by molar-refractivity contribution is -0.382. The van der Waals surface area contributed by atoms with E-state index in [2.05, 4.69) is 5.32 Å². The van der Waals surface area contributed by atoms with E-state index in [4.69, 9.17) is 16.7 Å². The smallest absolute Gasteiger partial charge is 0.341 e. The molecule has 128 valence electrons. The number of nitrogens with zero attached hydrogens (tertiary/aromatic N) is 2. The van der Waals surface area contributed by atoms with Gasteiger partial charge >= 0.3 is 11.7 Å². The first-order chi connectivity index (χ1) is 11.3. The first-order valence-corrected chi connectivity index (χ1v) is 7.33. The van der Waals surface area contributed by atoms with Crippen LogP contribution in [-0.4, -0.2) is 27.1 Å². The monoisotopic (exact) mass is 357 g/mol. The van der Waals surface area contributed by atoms with E-state index in [0.29, 0.717) is 0 Å². The van der Waals surface area contributed by atoms with Crippen LogP contribution in [0, 0.1) is 15.9 Å². The number of hydrogen-bond acceptors (Lipinski definition) is 5. The Morgan fingerprint density at radius 3 is 2.58 bits per heavy atom. The molecule has 0 fully saturated rings. The summed E-state index contributed by atoms with van der Waals surface area (Å²) < 4.78 is 15.7. The molecule has 24 heavy (non-hydrogen) atoms. The van der Waals surface area contributed by atoms with E-state index in [9.17, 15) is 24.1 Å². The predicted molar refractivity (Wildman–Crippen MR) is 86.6 cm³/mol. The number of aromatic carboxylic acids is 1. The normalized spacial score (nSPS) is 10.8. The molecule has 1 aromatic heterocycles. The van der Waals surface area contributed by atoms with Crippen molar-refractivity contribution in [1.29, 1.82) is 0 Å². The molecule has 2 N–H and O–H groups in total. The number of pyridine rings is 1. The van der Waals surface area contributed by atoms with Gasteiger partial charge in [-0.2, -0.15) is 0 Å². The fourth-order valence-corrected chi connectivity index (χ4v) is 2.78. The highest BCUT2D eigenvalue weighted by Gasteiger charge is 2.31. The van der Waals surface area contributed by atoms with Crippen LogP contribution in [0.25, 0.3) is 10.9 Å². The van der Waals surface area contributed by atoms with Gasteiger partial charge in [-0.05, 0) is 13.8 Å². The van der Waals surface area contributed by atoms with Crippen molar-refractivity contribution in [3.63, 3.8) is 0 Å². The SMILES string of the molecule is CCNc1c(F)c(Cl)c2c(c1[N+](=O)[O-])c(=O)c(C(=O)O)cn2CC. The molecule has 0 saturated heterocycles. The van der Waals surface area contributed by atoms with Gasteiger partial charge in [-0.1, -0.05) is 11.6 Å². The minimum Gasteiger partial charge on any atom is -0.477 e. The van der Waals surface area contributed by atoms with Crippen molar-refractivity contribution in [2.24, 2.45) is 0 Å². The van der Waals surface area contributed by atoms with E-state index in [1.807, 2.05) is 0 Å². The maximum Gasteiger partial charge on any atom is 0.341 e. The summed E-state index contributed by atoms with van der Waals surface area (Å²) in [6.45, 7) is 3.46. The molecule has 0 radical (unpaired) electrons. The molecule has 2 rings (SSSR count). The lowest BCUT2D eigenvalue weighted by Crippen LogP contribution is -2.21. The van der Waals surface area contributed by atoms with Crippen LogP contribution in [0.5, 0.6) is 0 Å². The van der Waals surface area contributed by atoms with Crippen LogP contribution in [0.2, 0.25) is 5.02 Å². The van der Waals surface area contributed by atoms with Crippen molar-refractivity contribution in [3.05, 3.63) is 42.9 Å². The topological polar surface area (TPSA) is 114 Å². The van der Waals surface area contributed by atoms with E-state index >= 15 is 0 Å². The number of halogens is 2. The summed E-state index contributed by atoms with van der Waals surface area (Å²) in [5.41, 5.74) is -3.32. The number of aromatic nitrogens is 1. The highest BCUT2D eigenvalue weighted by molar-refractivity contribution is 6.36. The molecule has 0 amide bonds. The number of benzene rings is 1. The molecule has 0 unspecified atom stereocenters. The van der Waals surface area contributed by atoms with E-state index in [0.717, 1.165) is 6.20 Å². The van der Waals surface area contributed by atoms with Crippen LogP contribution in [0.15, 0.2) is 11.0 Å². The fraction of sp³-hybridized carbons (Fsp3) is 0.286. The van der Waals surface area contributed by atoms with Gasteiger partial charge in [0.05, 0.1) is 10.4 Å². The first-order valence-electron chi connectivity index (χ1n) is 6.95. The van der Waals surface area contributed by atoms with Crippen molar-refractivity contribution in [3.8, 4) is 0 Å². The Balaban J connectivity index is 3.22. The van der Waals surface area contributed by atoms with E-state index < -0.39 is 49.5 Å². The predicted octanol–water partition coefficient (Wildman–Crippen LogP) is 2.85. The Labute approximate surface area is 139 Å². The summed E-state index contributed by atoms with van der Waals surface area (Å²) in [5.74, 6) is -2.61. The lowest BCUT2D eigenvalue weighted by atomic mass is 10.1. The molecule has 10 heteroatoms. The van der Waals surface area contributed by atoms with Gasteiger partial charge < -0.3 is 15.0 Å². The number of nitro benzene ring substituents is 1. The number of aryl methyl sites for hydroxylation is 1. The molecule has 1 aromatic carbocycles. The molecule has 0 bridgehead atoms. The number of carboxylic acids is 1. The molecule has 0 aliphatic heterocycles. The third-order valence-electron chi connectivity index (χ3n) is 3.48. The quantitative estimate of drug-likeness (QED) is 0.628. The highest BCUT2D eigenvalue weighted by Crippen LogP contribution is 2.40. The number of hydrogen-bond donors (Lipinski definition) is 2. The van der Waals surface area contributed by atoms with Crippen LogP contribution in [0.1, 0.15) is 24.2 Å². The minimum absolute atomic E-state index is 0.133. The van der Waals surface area contributed by atoms with Crippen LogP contribution in [0.3, 0.4) is 0 Å². The van der Waals surface area contributed by atoms with Crippen molar-refractivity contribution in [2.75, 3.05) is 11.9 Å². The summed E-state index contributed by atoms with van der Waals surface area (Å²) in [5, 5.41) is 22.1. The molecule has 0 aliphatic carbocycles. The molecule has 8 nitrogen and oxygen atoms in total. The van der Waals surface area contributed by atoms with Crippen LogP contribution >= 0.6 is 11.6 Å². The van der Waals surface area contributed by atoms with Gasteiger partial charge in [0.1, 0.15) is 16.0 Å². The minimum atomic E-state index is -1.54. The molecule has 0 aliphatic rings. The average molecular weight is 358 g/mol. The summed E-state index contributed by atoms with van der Waals surface area (Å²) >= 11 is 5.99. The molecule has 2 aromatic rings. The number of fused-ring (bicyclic) bond motifs is 1. The first kappa shape index (κ1) is 17.7. The van der Waals surface area contributed by atoms with Crippen LogP contribution < -0.4 is 10.7 Å². The third-order valence-corrected chi connectivity index (χ3v) is 3.83. The molecular weight excluding hydrogens is 345 g/mol. The van der Waals surface area contributed by atoms with Gasteiger partial charge in [-0.15, -0.1) is 0 Å². The summed E-state index contributed by atoms with van der Waals surface area (Å²) in [6, 6.07) is 0. The van der Waals surface area contributed by atoms with Crippen molar-refractivity contribution in [2.45, 2.75) is 20.4 Å². The molecule has 0 spiro atoms. The van der Waals surface area contributed by atoms with Crippen molar-refractivity contribution < 1.29 is 19.2 Å². The zero-order valence-corrected chi connectivity index (χ0v) is 13.5. The summed E-state index contributed by atoms with van der Waals surface area (Å²) in [7, 11) is 0. The Morgan fingerprint density at radius 2 is 2.12 bits per heavy atom. The number of carboxylic acid groups (broad SMARTS) is 1. The van der Waals surface area contributed by atoms with E-state index in [-0.39, 0.29) is 18.6 Å². The number of nitrogens with one attached hydrogen (secondary N) is 1. The second-order valence-electron chi connectivity index (χ2n) is 4.83. The summed E-state index contributed by atoms with van der Waals surface area (Å²) in [4.78, 5) is 34.3. The van der Waals surface area contributed by atoms with Crippen LogP contribution in [-0.2, 0) is 6.54 Å². The highest BCUT2D eigenvalue weighted by atomic mass is 35.5.